The van der Waals surface area contributed by atoms with Crippen LogP contribution < -0.4 is 0 Å². The summed E-state index contributed by atoms with van der Waals surface area (Å²) in [6, 6.07) is 6.74. The van der Waals surface area contributed by atoms with E-state index in [1.54, 1.807) is 24.0 Å². The number of carbonyl (C=O) groups excluding carboxylic acids is 2. The van der Waals surface area contributed by atoms with Gasteiger partial charge in [-0.25, -0.2) is 9.37 Å². The molecule has 154 valence electrons. The van der Waals surface area contributed by atoms with Crippen LogP contribution in [0.3, 0.4) is 0 Å². The molecule has 0 unspecified atom stereocenters. The molecule has 0 bridgehead atoms. The number of fused-ring (bicyclic) bond motifs is 1. The van der Waals surface area contributed by atoms with Crippen LogP contribution in [0.4, 0.5) is 4.39 Å². The molecular formula is C22H26FN3O3. The predicted octanol–water partition coefficient (Wildman–Crippen LogP) is 3.17. The number of amides is 1. The number of piperidine rings is 1. The molecule has 1 amide bonds. The van der Waals surface area contributed by atoms with E-state index in [0.717, 1.165) is 24.2 Å². The molecule has 1 saturated heterocycles. The number of imidazole rings is 1. The van der Waals surface area contributed by atoms with Crippen molar-refractivity contribution >= 4 is 11.9 Å². The van der Waals surface area contributed by atoms with Crippen molar-refractivity contribution in [2.45, 2.75) is 45.1 Å². The van der Waals surface area contributed by atoms with Gasteiger partial charge in [-0.05, 0) is 43.9 Å². The third-order valence-electron chi connectivity index (χ3n) is 5.93. The van der Waals surface area contributed by atoms with Gasteiger partial charge in [0.05, 0.1) is 12.5 Å². The molecule has 4 rings (SSSR count). The van der Waals surface area contributed by atoms with E-state index in [-0.39, 0.29) is 29.5 Å². The summed E-state index contributed by atoms with van der Waals surface area (Å²) < 4.78 is 20.7. The lowest BCUT2D eigenvalue weighted by Crippen LogP contribution is -2.40. The Morgan fingerprint density at radius 3 is 2.76 bits per heavy atom. The van der Waals surface area contributed by atoms with Crippen LogP contribution in [0.2, 0.25) is 0 Å². The van der Waals surface area contributed by atoms with E-state index in [1.165, 1.54) is 6.07 Å². The number of carbonyl (C=O) groups is 2. The lowest BCUT2D eigenvalue weighted by molar-refractivity contribution is -0.149. The van der Waals surface area contributed by atoms with Crippen LogP contribution in [0, 0.1) is 11.7 Å². The third kappa shape index (κ3) is 4.18. The van der Waals surface area contributed by atoms with Gasteiger partial charge in [-0.1, -0.05) is 12.1 Å². The van der Waals surface area contributed by atoms with Crippen molar-refractivity contribution in [2.24, 2.45) is 5.92 Å². The molecule has 1 aromatic carbocycles. The molecule has 1 aromatic heterocycles. The molecule has 3 heterocycles. The zero-order chi connectivity index (χ0) is 20.4. The first-order valence-electron chi connectivity index (χ1n) is 10.3. The van der Waals surface area contributed by atoms with Crippen LogP contribution in [0.15, 0.2) is 30.5 Å². The molecule has 0 spiro atoms. The fourth-order valence-corrected chi connectivity index (χ4v) is 4.32. The van der Waals surface area contributed by atoms with Crippen LogP contribution in [-0.2, 0) is 22.5 Å². The van der Waals surface area contributed by atoms with E-state index in [2.05, 4.69) is 4.98 Å². The van der Waals surface area contributed by atoms with Crippen molar-refractivity contribution < 1.29 is 18.7 Å². The Bertz CT molecular complexity index is 902. The molecule has 29 heavy (non-hydrogen) atoms. The summed E-state index contributed by atoms with van der Waals surface area (Å²) in [5.74, 6) is 0.525. The van der Waals surface area contributed by atoms with Crippen molar-refractivity contribution in [3.05, 3.63) is 53.4 Å². The predicted molar refractivity (Wildman–Crippen MR) is 105 cm³/mol. The van der Waals surface area contributed by atoms with Gasteiger partial charge in [0.1, 0.15) is 17.3 Å². The molecule has 1 atom stereocenters. The Labute approximate surface area is 169 Å². The van der Waals surface area contributed by atoms with Crippen molar-refractivity contribution in [1.29, 1.82) is 0 Å². The Balaban J connectivity index is 1.40. The number of nitrogens with zero attached hydrogens (tertiary/aromatic N) is 3. The van der Waals surface area contributed by atoms with E-state index in [9.17, 15) is 14.0 Å². The molecule has 2 aliphatic rings. The monoisotopic (exact) mass is 399 g/mol. The number of likely N-dealkylation sites (tertiary alicyclic amines) is 1. The Kier molecular flexibility index (Phi) is 5.65. The number of rotatable bonds is 4. The highest BCUT2D eigenvalue weighted by Crippen LogP contribution is 2.29. The minimum Gasteiger partial charge on any atom is -0.466 e. The van der Waals surface area contributed by atoms with Crippen LogP contribution in [0.1, 0.15) is 54.0 Å². The number of hydrogen-bond acceptors (Lipinski definition) is 4. The lowest BCUT2D eigenvalue weighted by Gasteiger charge is -2.30. The van der Waals surface area contributed by atoms with E-state index >= 15 is 0 Å². The van der Waals surface area contributed by atoms with E-state index < -0.39 is 0 Å². The summed E-state index contributed by atoms with van der Waals surface area (Å²) in [6.45, 7) is 3.96. The van der Waals surface area contributed by atoms with Gasteiger partial charge in [-0.3, -0.25) is 9.59 Å². The summed E-state index contributed by atoms with van der Waals surface area (Å²) in [7, 11) is 0. The molecule has 2 aliphatic heterocycles. The van der Waals surface area contributed by atoms with E-state index in [0.29, 0.717) is 44.8 Å². The van der Waals surface area contributed by atoms with E-state index in [1.807, 2.05) is 16.8 Å². The lowest BCUT2D eigenvalue weighted by atomic mass is 9.91. The second-order valence-electron chi connectivity index (χ2n) is 7.80. The summed E-state index contributed by atoms with van der Waals surface area (Å²) in [4.78, 5) is 31.1. The summed E-state index contributed by atoms with van der Waals surface area (Å²) in [6.07, 6.45) is 4.72. The number of hydrogen-bond donors (Lipinski definition) is 0. The SMILES string of the molecule is CCOC(=O)C1CCN(C(=O)c2cn3c(n2)CC[C@H](c2cccc(F)c2)C3)CC1. The number of aromatic nitrogens is 2. The Morgan fingerprint density at radius 2 is 2.03 bits per heavy atom. The van der Waals surface area contributed by atoms with Crippen LogP contribution >= 0.6 is 0 Å². The second-order valence-corrected chi connectivity index (χ2v) is 7.80. The van der Waals surface area contributed by atoms with Crippen molar-refractivity contribution in [1.82, 2.24) is 14.5 Å². The molecule has 6 nitrogen and oxygen atoms in total. The quantitative estimate of drug-likeness (QED) is 0.741. The van der Waals surface area contributed by atoms with Crippen molar-refractivity contribution in [3.8, 4) is 0 Å². The summed E-state index contributed by atoms with van der Waals surface area (Å²) in [5.41, 5.74) is 1.44. The minimum atomic E-state index is -0.221. The first-order valence-corrected chi connectivity index (χ1v) is 10.3. The largest absolute Gasteiger partial charge is 0.466 e. The van der Waals surface area contributed by atoms with Gasteiger partial charge >= 0.3 is 5.97 Å². The maximum absolute atomic E-state index is 13.6. The highest BCUT2D eigenvalue weighted by atomic mass is 19.1. The van der Waals surface area contributed by atoms with Crippen LogP contribution in [0.25, 0.3) is 0 Å². The number of aryl methyl sites for hydroxylation is 1. The van der Waals surface area contributed by atoms with Gasteiger partial charge in [0.2, 0.25) is 0 Å². The molecule has 0 N–H and O–H groups in total. The minimum absolute atomic E-state index is 0.0866. The molecule has 1 fully saturated rings. The molecule has 7 heteroatoms. The number of benzene rings is 1. The number of esters is 1. The Hall–Kier alpha value is -2.70. The number of ether oxygens (including phenoxy) is 1. The third-order valence-corrected chi connectivity index (χ3v) is 5.93. The smallest absolute Gasteiger partial charge is 0.309 e. The zero-order valence-electron chi connectivity index (χ0n) is 16.6. The average molecular weight is 399 g/mol. The zero-order valence-corrected chi connectivity index (χ0v) is 16.6. The molecular weight excluding hydrogens is 373 g/mol. The Morgan fingerprint density at radius 1 is 1.24 bits per heavy atom. The van der Waals surface area contributed by atoms with Gasteiger partial charge in [0.25, 0.3) is 5.91 Å². The maximum atomic E-state index is 13.6. The maximum Gasteiger partial charge on any atom is 0.309 e. The number of halogens is 1. The fourth-order valence-electron chi connectivity index (χ4n) is 4.32. The van der Waals surface area contributed by atoms with Crippen LogP contribution in [-0.4, -0.2) is 46.0 Å². The van der Waals surface area contributed by atoms with Crippen molar-refractivity contribution in [2.75, 3.05) is 19.7 Å². The van der Waals surface area contributed by atoms with Gasteiger partial charge in [-0.15, -0.1) is 0 Å². The topological polar surface area (TPSA) is 64.4 Å². The van der Waals surface area contributed by atoms with Gasteiger partial charge in [-0.2, -0.15) is 0 Å². The molecule has 0 aliphatic carbocycles. The van der Waals surface area contributed by atoms with E-state index in [4.69, 9.17) is 4.74 Å². The fraction of sp³-hybridized carbons (Fsp3) is 0.500. The average Bonchev–Trinajstić information content (AvgIpc) is 3.17. The second kappa shape index (κ2) is 8.35. The highest BCUT2D eigenvalue weighted by molar-refractivity contribution is 5.92. The molecule has 2 aromatic rings. The first kappa shape index (κ1) is 19.6. The van der Waals surface area contributed by atoms with Crippen LogP contribution in [0.5, 0.6) is 0 Å². The molecule has 0 saturated carbocycles. The van der Waals surface area contributed by atoms with Crippen molar-refractivity contribution in [3.63, 3.8) is 0 Å². The summed E-state index contributed by atoms with van der Waals surface area (Å²) >= 11 is 0. The van der Waals surface area contributed by atoms with Gasteiger partial charge in [0.15, 0.2) is 0 Å². The van der Waals surface area contributed by atoms with Gasteiger partial charge in [0, 0.05) is 38.2 Å². The highest BCUT2D eigenvalue weighted by Gasteiger charge is 2.30. The summed E-state index contributed by atoms with van der Waals surface area (Å²) in [5, 5.41) is 0. The van der Waals surface area contributed by atoms with Gasteiger partial charge < -0.3 is 14.2 Å². The normalized spacial score (nSPS) is 19.7. The first-order chi connectivity index (χ1) is 14.0. The molecule has 0 radical (unpaired) electrons. The standard InChI is InChI=1S/C22H26FN3O3/c1-2-29-22(28)15-8-10-25(11-9-15)21(27)19-14-26-13-17(6-7-20(26)24-19)16-4-3-5-18(23)12-16/h3-5,12,14-15,17H,2,6-11,13H2,1H3/t17-/m0/s1.